The minimum atomic E-state index is -0.440. The first-order valence-corrected chi connectivity index (χ1v) is 10.8. The Bertz CT molecular complexity index is 1280. The molecule has 3 aromatic heterocycles. The van der Waals surface area contributed by atoms with E-state index in [4.69, 9.17) is 20.6 Å². The van der Waals surface area contributed by atoms with E-state index in [1.165, 1.54) is 0 Å². The second-order valence-electron chi connectivity index (χ2n) is 8.96. The highest BCUT2D eigenvalue weighted by Gasteiger charge is 2.28. The standard InChI is InChI=1S/C22H28N8O2/c1-22(2,13-31)29-12-15(10-24-29)28-8-4-5-14(11-28)19-26-20-17-7-6-16(32-3)9-18(17)25-21(23)30(20)27-19/h6-7,9-10,12,14,31H,4-5,8,11,13H2,1-3H3,(H2,23,25)/t14-/m1/s1. The van der Waals surface area contributed by atoms with Gasteiger partial charge in [-0.05, 0) is 38.8 Å². The number of methoxy groups -OCH3 is 1. The number of rotatable bonds is 5. The number of nitrogens with zero attached hydrogens (tertiary/aromatic N) is 7. The number of ether oxygens (including phenoxy) is 1. The number of aliphatic hydroxyl groups excluding tert-OH is 1. The summed E-state index contributed by atoms with van der Waals surface area (Å²) in [5, 5.41) is 19.7. The second-order valence-corrected chi connectivity index (χ2v) is 8.96. The third-order valence-electron chi connectivity index (χ3n) is 6.25. The fourth-order valence-corrected chi connectivity index (χ4v) is 4.23. The van der Waals surface area contributed by atoms with Crippen LogP contribution >= 0.6 is 0 Å². The van der Waals surface area contributed by atoms with Crippen LogP contribution < -0.4 is 15.4 Å². The third-order valence-corrected chi connectivity index (χ3v) is 6.25. The maximum absolute atomic E-state index is 9.64. The van der Waals surface area contributed by atoms with Crippen LogP contribution in [0.5, 0.6) is 5.75 Å². The topological polar surface area (TPSA) is 120 Å². The molecule has 1 fully saturated rings. The van der Waals surface area contributed by atoms with Crippen molar-refractivity contribution in [3.05, 3.63) is 36.4 Å². The highest BCUT2D eigenvalue weighted by Crippen LogP contribution is 2.31. The number of fused-ring (bicyclic) bond motifs is 3. The zero-order valence-electron chi connectivity index (χ0n) is 18.6. The molecule has 5 rings (SSSR count). The summed E-state index contributed by atoms with van der Waals surface area (Å²) >= 11 is 0. The van der Waals surface area contributed by atoms with Crippen LogP contribution in [-0.2, 0) is 5.54 Å². The molecule has 10 heteroatoms. The summed E-state index contributed by atoms with van der Waals surface area (Å²) in [5.41, 5.74) is 8.24. The largest absolute Gasteiger partial charge is 0.497 e. The molecule has 3 N–H and O–H groups in total. The molecule has 4 heterocycles. The molecule has 168 valence electrons. The number of hydrogen-bond acceptors (Lipinski definition) is 8. The van der Waals surface area contributed by atoms with Crippen molar-refractivity contribution in [2.45, 2.75) is 38.1 Å². The van der Waals surface area contributed by atoms with E-state index in [1.54, 1.807) is 11.6 Å². The molecule has 0 unspecified atom stereocenters. The summed E-state index contributed by atoms with van der Waals surface area (Å²) in [5.74, 6) is 1.97. The van der Waals surface area contributed by atoms with Gasteiger partial charge in [-0.25, -0.2) is 9.97 Å². The van der Waals surface area contributed by atoms with Gasteiger partial charge in [0.1, 0.15) is 5.75 Å². The Morgan fingerprint density at radius 1 is 1.28 bits per heavy atom. The zero-order valence-corrected chi connectivity index (χ0v) is 18.6. The monoisotopic (exact) mass is 436 g/mol. The Balaban J connectivity index is 1.46. The van der Waals surface area contributed by atoms with Crippen molar-refractivity contribution in [2.24, 2.45) is 0 Å². The Kier molecular flexibility index (Phi) is 4.89. The van der Waals surface area contributed by atoms with E-state index in [9.17, 15) is 5.11 Å². The molecule has 0 amide bonds. The average molecular weight is 437 g/mol. The van der Waals surface area contributed by atoms with E-state index in [1.807, 2.05) is 49.1 Å². The van der Waals surface area contributed by atoms with Gasteiger partial charge >= 0.3 is 0 Å². The molecule has 1 aromatic carbocycles. The van der Waals surface area contributed by atoms with Crippen LogP contribution in [0.4, 0.5) is 11.6 Å². The van der Waals surface area contributed by atoms with Gasteiger partial charge in [0.2, 0.25) is 5.95 Å². The van der Waals surface area contributed by atoms with Gasteiger partial charge < -0.3 is 20.5 Å². The molecule has 1 saturated heterocycles. The smallest absolute Gasteiger partial charge is 0.223 e. The predicted octanol–water partition coefficient (Wildman–Crippen LogP) is 2.18. The lowest BCUT2D eigenvalue weighted by atomic mass is 9.97. The van der Waals surface area contributed by atoms with Gasteiger partial charge in [0.05, 0.1) is 36.7 Å². The summed E-state index contributed by atoms with van der Waals surface area (Å²) in [6.07, 6.45) is 5.89. The Hall–Kier alpha value is -3.40. The van der Waals surface area contributed by atoms with Gasteiger partial charge in [0, 0.05) is 36.7 Å². The van der Waals surface area contributed by atoms with Gasteiger partial charge in [0.15, 0.2) is 11.5 Å². The quantitative estimate of drug-likeness (QED) is 0.488. The van der Waals surface area contributed by atoms with Crippen molar-refractivity contribution in [1.29, 1.82) is 0 Å². The highest BCUT2D eigenvalue weighted by atomic mass is 16.5. The van der Waals surface area contributed by atoms with Gasteiger partial charge in [0.25, 0.3) is 0 Å². The van der Waals surface area contributed by atoms with E-state index >= 15 is 0 Å². The van der Waals surface area contributed by atoms with Crippen LogP contribution in [0.15, 0.2) is 30.6 Å². The van der Waals surface area contributed by atoms with Gasteiger partial charge in [-0.3, -0.25) is 4.68 Å². The molecule has 1 aliphatic heterocycles. The lowest BCUT2D eigenvalue weighted by molar-refractivity contribution is 0.152. The van der Waals surface area contributed by atoms with Crippen molar-refractivity contribution in [3.8, 4) is 5.75 Å². The van der Waals surface area contributed by atoms with E-state index in [2.05, 4.69) is 15.0 Å². The number of nitrogens with two attached hydrogens (primary N) is 1. The Morgan fingerprint density at radius 3 is 2.91 bits per heavy atom. The van der Waals surface area contributed by atoms with Crippen LogP contribution in [0, 0.1) is 0 Å². The molecular weight excluding hydrogens is 408 g/mol. The molecule has 1 atom stereocenters. The maximum Gasteiger partial charge on any atom is 0.223 e. The van der Waals surface area contributed by atoms with Gasteiger partial charge in [-0.1, -0.05) is 0 Å². The minimum absolute atomic E-state index is 0.0250. The number of aliphatic hydroxyl groups is 1. The van der Waals surface area contributed by atoms with E-state index in [0.29, 0.717) is 11.6 Å². The summed E-state index contributed by atoms with van der Waals surface area (Å²) in [4.78, 5) is 11.7. The number of piperidine rings is 1. The minimum Gasteiger partial charge on any atom is -0.497 e. The fraction of sp³-hybridized carbons (Fsp3) is 0.455. The number of benzene rings is 1. The summed E-state index contributed by atoms with van der Waals surface area (Å²) < 4.78 is 8.76. The molecule has 0 radical (unpaired) electrons. The summed E-state index contributed by atoms with van der Waals surface area (Å²) in [7, 11) is 1.63. The lowest BCUT2D eigenvalue weighted by Gasteiger charge is -2.32. The molecule has 4 aromatic rings. The molecule has 0 saturated carbocycles. The normalized spacial score (nSPS) is 17.4. The third kappa shape index (κ3) is 3.40. The number of hydrogen-bond donors (Lipinski definition) is 2. The number of aromatic nitrogens is 6. The summed E-state index contributed by atoms with van der Waals surface area (Å²) in [6.45, 7) is 5.68. The molecule has 0 aliphatic carbocycles. The van der Waals surface area contributed by atoms with Gasteiger partial charge in [-0.2, -0.15) is 9.61 Å². The first-order valence-electron chi connectivity index (χ1n) is 10.8. The Morgan fingerprint density at radius 2 is 2.12 bits per heavy atom. The van der Waals surface area contributed by atoms with Crippen LogP contribution in [-0.4, -0.2) is 61.3 Å². The molecule has 0 spiro atoms. The number of nitrogen functional groups attached to an aromatic ring is 1. The molecule has 0 bridgehead atoms. The molecule has 1 aliphatic rings. The predicted molar refractivity (Wildman–Crippen MR) is 122 cm³/mol. The van der Waals surface area contributed by atoms with Crippen LogP contribution in [0.25, 0.3) is 16.6 Å². The first-order chi connectivity index (χ1) is 15.4. The lowest BCUT2D eigenvalue weighted by Crippen LogP contribution is -2.35. The number of anilines is 2. The van der Waals surface area contributed by atoms with Crippen LogP contribution in [0.3, 0.4) is 0 Å². The average Bonchev–Trinajstić information content (AvgIpc) is 3.48. The summed E-state index contributed by atoms with van der Waals surface area (Å²) in [6, 6.07) is 5.69. The van der Waals surface area contributed by atoms with Crippen molar-refractivity contribution < 1.29 is 9.84 Å². The maximum atomic E-state index is 9.64. The van der Waals surface area contributed by atoms with Crippen LogP contribution in [0.1, 0.15) is 38.4 Å². The van der Waals surface area contributed by atoms with Crippen molar-refractivity contribution in [1.82, 2.24) is 29.4 Å². The second kappa shape index (κ2) is 7.63. The molecule has 10 nitrogen and oxygen atoms in total. The SMILES string of the molecule is COc1ccc2c(c1)nc(N)n1nc([C@@H]3CCCN(c4cnn(C(C)(C)CO)c4)C3)nc21. The van der Waals surface area contributed by atoms with Crippen molar-refractivity contribution >= 4 is 28.2 Å². The molecular formula is C22H28N8O2. The zero-order chi connectivity index (χ0) is 22.5. The van der Waals surface area contributed by atoms with Crippen molar-refractivity contribution in [2.75, 3.05) is 37.4 Å². The van der Waals surface area contributed by atoms with Crippen molar-refractivity contribution in [3.63, 3.8) is 0 Å². The Labute approximate surface area is 185 Å². The molecule has 32 heavy (non-hydrogen) atoms. The van der Waals surface area contributed by atoms with E-state index in [0.717, 1.165) is 54.1 Å². The van der Waals surface area contributed by atoms with Crippen LogP contribution in [0.2, 0.25) is 0 Å². The van der Waals surface area contributed by atoms with Gasteiger partial charge in [-0.15, -0.1) is 5.10 Å². The fourth-order valence-electron chi connectivity index (χ4n) is 4.23. The first kappa shape index (κ1) is 20.5. The highest BCUT2D eigenvalue weighted by molar-refractivity contribution is 5.93. The van der Waals surface area contributed by atoms with E-state index < -0.39 is 5.54 Å². The van der Waals surface area contributed by atoms with E-state index in [-0.39, 0.29) is 12.5 Å².